The number of halogens is 1. The Hall–Kier alpha value is 0.01000. The number of benzene rings is 1. The van der Waals surface area contributed by atoms with Crippen molar-refractivity contribution in [2.75, 3.05) is 18.1 Å². The lowest BCUT2D eigenvalue weighted by molar-refractivity contribution is 0.253. The second-order valence-electron chi connectivity index (χ2n) is 5.63. The molecule has 3 rings (SSSR count). The third-order valence-electron chi connectivity index (χ3n) is 4.68. The molecule has 1 heterocycles. The number of hydrogen-bond acceptors (Lipinski definition) is 2. The lowest BCUT2D eigenvalue weighted by atomic mass is 9.64. The van der Waals surface area contributed by atoms with Crippen LogP contribution < -0.4 is 5.73 Å². The average molecular weight is 326 g/mol. The topological polar surface area (TPSA) is 26.0 Å². The van der Waals surface area contributed by atoms with Crippen LogP contribution in [0.1, 0.15) is 42.7 Å². The van der Waals surface area contributed by atoms with Gasteiger partial charge in [-0.05, 0) is 48.1 Å². The smallest absolute Gasteiger partial charge is 0.0213 e. The maximum Gasteiger partial charge on any atom is 0.0213 e. The third-order valence-corrected chi connectivity index (χ3v) is 6.53. The molecule has 1 aromatic carbocycles. The Labute approximate surface area is 122 Å². The van der Waals surface area contributed by atoms with Crippen molar-refractivity contribution in [3.63, 3.8) is 0 Å². The van der Waals surface area contributed by atoms with Gasteiger partial charge in [0, 0.05) is 22.2 Å². The highest BCUT2D eigenvalue weighted by molar-refractivity contribution is 9.10. The minimum absolute atomic E-state index is 0.283. The number of hydrogen-bond donors (Lipinski definition) is 1. The summed E-state index contributed by atoms with van der Waals surface area (Å²) in [5, 5.41) is 0. The summed E-state index contributed by atoms with van der Waals surface area (Å²) in [6.45, 7) is 0.790. The molecule has 1 aliphatic carbocycles. The largest absolute Gasteiger partial charge is 0.330 e. The molecule has 0 radical (unpaired) electrons. The van der Waals surface area contributed by atoms with Gasteiger partial charge in [-0.1, -0.05) is 34.5 Å². The Kier molecular flexibility index (Phi) is 3.75. The lowest BCUT2D eigenvalue weighted by Gasteiger charge is -2.41. The van der Waals surface area contributed by atoms with Crippen LogP contribution in [0.4, 0.5) is 0 Å². The molecule has 18 heavy (non-hydrogen) atoms. The van der Waals surface area contributed by atoms with Crippen LogP contribution in [0.15, 0.2) is 22.7 Å². The first-order chi connectivity index (χ1) is 8.75. The Morgan fingerprint density at radius 3 is 2.72 bits per heavy atom. The van der Waals surface area contributed by atoms with Gasteiger partial charge < -0.3 is 5.73 Å². The van der Waals surface area contributed by atoms with Gasteiger partial charge in [-0.25, -0.2) is 0 Å². The quantitative estimate of drug-likeness (QED) is 0.907. The first-order valence-electron chi connectivity index (χ1n) is 6.83. The van der Waals surface area contributed by atoms with Gasteiger partial charge in [-0.15, -0.1) is 0 Å². The van der Waals surface area contributed by atoms with Crippen molar-refractivity contribution >= 4 is 27.7 Å². The van der Waals surface area contributed by atoms with E-state index in [1.807, 2.05) is 0 Å². The lowest BCUT2D eigenvalue weighted by Crippen LogP contribution is -2.41. The van der Waals surface area contributed by atoms with Gasteiger partial charge in [0.05, 0.1) is 0 Å². The normalized spacial score (nSPS) is 26.0. The van der Waals surface area contributed by atoms with Crippen molar-refractivity contribution in [1.29, 1.82) is 0 Å². The van der Waals surface area contributed by atoms with Gasteiger partial charge >= 0.3 is 0 Å². The molecule has 0 spiro atoms. The Morgan fingerprint density at radius 1 is 1.39 bits per heavy atom. The fourth-order valence-electron chi connectivity index (χ4n) is 3.18. The van der Waals surface area contributed by atoms with E-state index in [4.69, 9.17) is 5.73 Å². The second-order valence-corrected chi connectivity index (χ2v) is 7.64. The molecule has 1 aromatic rings. The summed E-state index contributed by atoms with van der Waals surface area (Å²) < 4.78 is 1.30. The summed E-state index contributed by atoms with van der Waals surface area (Å²) in [6, 6.07) is 7.01. The average Bonchev–Trinajstić information content (AvgIpc) is 2.82. The molecular formula is C15H20BrNS. The molecule has 2 N–H and O–H groups in total. The Bertz CT molecular complexity index is 431. The summed E-state index contributed by atoms with van der Waals surface area (Å²) in [6.07, 6.45) is 5.17. The maximum atomic E-state index is 5.99. The van der Waals surface area contributed by atoms with E-state index in [-0.39, 0.29) is 5.41 Å². The van der Waals surface area contributed by atoms with Gasteiger partial charge in [-0.2, -0.15) is 11.8 Å². The van der Waals surface area contributed by atoms with Crippen molar-refractivity contribution in [1.82, 2.24) is 0 Å². The van der Waals surface area contributed by atoms with Crippen LogP contribution in [-0.2, 0) is 5.41 Å². The Balaban J connectivity index is 1.88. The SMILES string of the molecule is NCC1(c2ccc(C3CCSC3)c(Br)c2)CCC1. The molecule has 0 aromatic heterocycles. The fourth-order valence-corrected chi connectivity index (χ4v) is 5.13. The van der Waals surface area contributed by atoms with Gasteiger partial charge in [0.15, 0.2) is 0 Å². The van der Waals surface area contributed by atoms with Gasteiger partial charge in [0.25, 0.3) is 0 Å². The van der Waals surface area contributed by atoms with Crippen molar-refractivity contribution in [3.05, 3.63) is 33.8 Å². The van der Waals surface area contributed by atoms with Crippen LogP contribution in [0, 0.1) is 0 Å². The summed E-state index contributed by atoms with van der Waals surface area (Å²) >= 11 is 5.86. The minimum atomic E-state index is 0.283. The molecule has 1 aliphatic heterocycles. The zero-order chi connectivity index (χ0) is 12.6. The summed E-state index contributed by atoms with van der Waals surface area (Å²) in [4.78, 5) is 0. The van der Waals surface area contributed by atoms with Crippen LogP contribution in [-0.4, -0.2) is 18.1 Å². The highest BCUT2D eigenvalue weighted by atomic mass is 79.9. The predicted octanol–water partition coefficient (Wildman–Crippen LogP) is 4.05. The monoisotopic (exact) mass is 325 g/mol. The first kappa shape index (κ1) is 13.0. The predicted molar refractivity (Wildman–Crippen MR) is 83.4 cm³/mol. The molecule has 1 unspecified atom stereocenters. The summed E-state index contributed by atoms with van der Waals surface area (Å²) in [5.74, 6) is 3.33. The molecular weight excluding hydrogens is 306 g/mol. The van der Waals surface area contributed by atoms with E-state index >= 15 is 0 Å². The van der Waals surface area contributed by atoms with Crippen LogP contribution in [0.5, 0.6) is 0 Å². The molecule has 2 fully saturated rings. The van der Waals surface area contributed by atoms with Crippen molar-refractivity contribution < 1.29 is 0 Å². The summed E-state index contributed by atoms with van der Waals surface area (Å²) in [5.41, 5.74) is 9.21. The first-order valence-corrected chi connectivity index (χ1v) is 8.78. The van der Waals surface area contributed by atoms with E-state index < -0.39 is 0 Å². The number of nitrogens with two attached hydrogens (primary N) is 1. The maximum absolute atomic E-state index is 5.99. The van der Waals surface area contributed by atoms with E-state index in [1.165, 1.54) is 52.8 Å². The van der Waals surface area contributed by atoms with Gasteiger partial charge in [0.1, 0.15) is 0 Å². The molecule has 1 atom stereocenters. The van der Waals surface area contributed by atoms with Crippen LogP contribution in [0.3, 0.4) is 0 Å². The van der Waals surface area contributed by atoms with Crippen LogP contribution in [0.2, 0.25) is 0 Å². The highest BCUT2D eigenvalue weighted by Gasteiger charge is 2.37. The minimum Gasteiger partial charge on any atom is -0.330 e. The molecule has 0 amide bonds. The summed E-state index contributed by atoms with van der Waals surface area (Å²) in [7, 11) is 0. The number of rotatable bonds is 3. The van der Waals surface area contributed by atoms with Crippen molar-refractivity contribution in [2.24, 2.45) is 5.73 Å². The van der Waals surface area contributed by atoms with Crippen LogP contribution in [0.25, 0.3) is 0 Å². The van der Waals surface area contributed by atoms with E-state index in [0.717, 1.165) is 12.5 Å². The van der Waals surface area contributed by atoms with Crippen molar-refractivity contribution in [2.45, 2.75) is 37.0 Å². The van der Waals surface area contributed by atoms with E-state index in [9.17, 15) is 0 Å². The van der Waals surface area contributed by atoms with E-state index in [0.29, 0.717) is 0 Å². The van der Waals surface area contributed by atoms with Crippen molar-refractivity contribution in [3.8, 4) is 0 Å². The van der Waals surface area contributed by atoms with E-state index in [2.05, 4.69) is 45.9 Å². The molecule has 1 nitrogen and oxygen atoms in total. The fraction of sp³-hybridized carbons (Fsp3) is 0.600. The molecule has 3 heteroatoms. The molecule has 0 bridgehead atoms. The Morgan fingerprint density at radius 2 is 2.22 bits per heavy atom. The zero-order valence-corrected chi connectivity index (χ0v) is 13.0. The number of thioether (sulfide) groups is 1. The van der Waals surface area contributed by atoms with E-state index in [1.54, 1.807) is 0 Å². The molecule has 98 valence electrons. The molecule has 1 saturated heterocycles. The van der Waals surface area contributed by atoms with Crippen LogP contribution >= 0.6 is 27.7 Å². The van der Waals surface area contributed by atoms with Gasteiger partial charge in [-0.3, -0.25) is 0 Å². The highest BCUT2D eigenvalue weighted by Crippen LogP contribution is 2.45. The molecule has 1 saturated carbocycles. The second kappa shape index (κ2) is 5.18. The van der Waals surface area contributed by atoms with Gasteiger partial charge in [0.2, 0.25) is 0 Å². The molecule has 2 aliphatic rings. The third kappa shape index (κ3) is 2.14. The standard InChI is InChI=1S/C15H20BrNS/c16-14-8-12(15(10-17)5-1-6-15)2-3-13(14)11-4-7-18-9-11/h2-3,8,11H,1,4-7,9-10,17H2. The zero-order valence-electron chi connectivity index (χ0n) is 10.6.